The number of carbonyl (C=O) groups excluding carboxylic acids is 1. The number of ether oxygens (including phenoxy) is 1. The van der Waals surface area contributed by atoms with Gasteiger partial charge in [-0.3, -0.25) is 4.90 Å². The zero-order chi connectivity index (χ0) is 17.0. The predicted molar refractivity (Wildman–Crippen MR) is 73.5 cm³/mol. The average Bonchev–Trinajstić information content (AvgIpc) is 2.52. The molecule has 1 saturated heterocycles. The van der Waals surface area contributed by atoms with Crippen LogP contribution in [0.2, 0.25) is 0 Å². The zero-order valence-electron chi connectivity index (χ0n) is 12.1. The van der Waals surface area contributed by atoms with Crippen molar-refractivity contribution in [3.8, 4) is 0 Å². The van der Waals surface area contributed by atoms with Crippen LogP contribution in [-0.2, 0) is 16.1 Å². The summed E-state index contributed by atoms with van der Waals surface area (Å²) in [6.07, 6.45) is -6.08. The van der Waals surface area contributed by atoms with Crippen LogP contribution in [0.25, 0.3) is 0 Å². The fraction of sp³-hybridized carbons (Fsp3) is 0.467. The van der Waals surface area contributed by atoms with Crippen LogP contribution >= 0.6 is 0 Å². The van der Waals surface area contributed by atoms with Crippen molar-refractivity contribution in [2.24, 2.45) is 5.92 Å². The molecule has 5 nitrogen and oxygen atoms in total. The first kappa shape index (κ1) is 17.1. The van der Waals surface area contributed by atoms with E-state index >= 15 is 0 Å². The molecule has 1 aliphatic heterocycles. The minimum absolute atomic E-state index is 0.126. The number of aliphatic carboxylic acids is 1. The number of rotatable bonds is 3. The van der Waals surface area contributed by atoms with Crippen molar-refractivity contribution in [2.45, 2.75) is 31.7 Å². The molecule has 2 atom stereocenters. The lowest BCUT2D eigenvalue weighted by molar-refractivity contribution is -0.191. The van der Waals surface area contributed by atoms with Gasteiger partial charge in [0.1, 0.15) is 12.6 Å². The van der Waals surface area contributed by atoms with E-state index in [2.05, 4.69) is 0 Å². The topological polar surface area (TPSA) is 66.8 Å². The van der Waals surface area contributed by atoms with E-state index in [1.165, 1.54) is 0 Å². The summed E-state index contributed by atoms with van der Waals surface area (Å²) in [5.74, 6) is -3.07. The van der Waals surface area contributed by atoms with Crippen molar-refractivity contribution < 1.29 is 32.6 Å². The van der Waals surface area contributed by atoms with Crippen molar-refractivity contribution in [1.29, 1.82) is 0 Å². The molecule has 0 radical (unpaired) electrons. The van der Waals surface area contributed by atoms with Crippen LogP contribution in [0.3, 0.4) is 0 Å². The van der Waals surface area contributed by atoms with Crippen molar-refractivity contribution in [3.05, 3.63) is 35.9 Å². The Kier molecular flexibility index (Phi) is 5.12. The van der Waals surface area contributed by atoms with Crippen molar-refractivity contribution in [1.82, 2.24) is 4.90 Å². The zero-order valence-corrected chi connectivity index (χ0v) is 12.1. The molecule has 1 aliphatic rings. The third-order valence-corrected chi connectivity index (χ3v) is 3.77. The van der Waals surface area contributed by atoms with Crippen molar-refractivity contribution in [3.63, 3.8) is 0 Å². The highest BCUT2D eigenvalue weighted by atomic mass is 19.4. The number of hydrogen-bond donors (Lipinski definition) is 1. The molecule has 8 heteroatoms. The normalized spacial score (nSPS) is 21.8. The van der Waals surface area contributed by atoms with Gasteiger partial charge < -0.3 is 9.84 Å². The first-order valence-electron chi connectivity index (χ1n) is 7.06. The van der Waals surface area contributed by atoms with E-state index in [9.17, 15) is 22.8 Å². The van der Waals surface area contributed by atoms with Crippen LogP contribution in [0.1, 0.15) is 18.4 Å². The minimum atomic E-state index is -4.47. The largest absolute Gasteiger partial charge is 0.480 e. The van der Waals surface area contributed by atoms with Gasteiger partial charge in [0, 0.05) is 6.54 Å². The lowest BCUT2D eigenvalue weighted by Crippen LogP contribution is -2.53. The summed E-state index contributed by atoms with van der Waals surface area (Å²) >= 11 is 0. The molecule has 1 aromatic carbocycles. The van der Waals surface area contributed by atoms with Gasteiger partial charge in [-0.15, -0.1) is 0 Å². The number of carboxylic acids is 1. The number of carbonyl (C=O) groups is 2. The Morgan fingerprint density at radius 1 is 1.22 bits per heavy atom. The highest BCUT2D eigenvalue weighted by Crippen LogP contribution is 2.35. The Morgan fingerprint density at radius 2 is 1.87 bits per heavy atom. The highest BCUT2D eigenvalue weighted by molar-refractivity contribution is 5.80. The third-order valence-electron chi connectivity index (χ3n) is 3.77. The Balaban J connectivity index is 2.05. The van der Waals surface area contributed by atoms with Crippen LogP contribution in [0.4, 0.5) is 18.0 Å². The first-order valence-corrected chi connectivity index (χ1v) is 7.06. The van der Waals surface area contributed by atoms with E-state index in [1.807, 2.05) is 0 Å². The average molecular weight is 331 g/mol. The van der Waals surface area contributed by atoms with Gasteiger partial charge in [-0.25, -0.2) is 9.59 Å². The molecule has 2 rings (SSSR count). The van der Waals surface area contributed by atoms with E-state index in [4.69, 9.17) is 9.84 Å². The Labute approximate surface area is 130 Å². The fourth-order valence-corrected chi connectivity index (χ4v) is 2.50. The Bertz CT molecular complexity index is 562. The molecule has 0 bridgehead atoms. The number of hydrogen-bond acceptors (Lipinski definition) is 3. The number of piperidine rings is 1. The molecule has 1 heterocycles. The molecule has 0 aromatic heterocycles. The maximum absolute atomic E-state index is 12.8. The van der Waals surface area contributed by atoms with Crippen molar-refractivity contribution in [2.75, 3.05) is 6.54 Å². The molecule has 23 heavy (non-hydrogen) atoms. The molecule has 0 unspecified atom stereocenters. The Morgan fingerprint density at radius 3 is 2.43 bits per heavy atom. The molecule has 0 saturated carbocycles. The quantitative estimate of drug-likeness (QED) is 0.924. The van der Waals surface area contributed by atoms with Crippen LogP contribution in [0.5, 0.6) is 0 Å². The summed E-state index contributed by atoms with van der Waals surface area (Å²) in [5.41, 5.74) is 0.664. The Hall–Kier alpha value is -2.25. The number of likely N-dealkylation sites (tertiary alicyclic amines) is 1. The van der Waals surface area contributed by atoms with E-state index < -0.39 is 36.7 Å². The van der Waals surface area contributed by atoms with Crippen LogP contribution in [0, 0.1) is 5.92 Å². The summed E-state index contributed by atoms with van der Waals surface area (Å²) in [7, 11) is 0. The van der Waals surface area contributed by atoms with E-state index in [0.29, 0.717) is 10.5 Å². The van der Waals surface area contributed by atoms with Gasteiger partial charge in [-0.2, -0.15) is 13.2 Å². The van der Waals surface area contributed by atoms with Crippen molar-refractivity contribution >= 4 is 12.1 Å². The number of alkyl halides is 3. The SMILES string of the molecule is O=C(O)[C@@H]1CC[C@@H](C(F)(F)F)CN1C(=O)OCc1ccccc1. The number of amides is 1. The number of benzene rings is 1. The van der Waals surface area contributed by atoms with Crippen LogP contribution in [0.15, 0.2) is 30.3 Å². The molecule has 0 spiro atoms. The lowest BCUT2D eigenvalue weighted by atomic mass is 9.92. The number of halogens is 3. The molecule has 1 fully saturated rings. The fourth-order valence-electron chi connectivity index (χ4n) is 2.50. The number of carboxylic acid groups (broad SMARTS) is 1. The first-order chi connectivity index (χ1) is 10.8. The molecule has 0 aliphatic carbocycles. The van der Waals surface area contributed by atoms with Gasteiger partial charge in [0.2, 0.25) is 0 Å². The molecular weight excluding hydrogens is 315 g/mol. The summed E-state index contributed by atoms with van der Waals surface area (Å²) in [5, 5.41) is 9.10. The summed E-state index contributed by atoms with van der Waals surface area (Å²) in [4.78, 5) is 23.9. The minimum Gasteiger partial charge on any atom is -0.480 e. The number of nitrogens with zero attached hydrogens (tertiary/aromatic N) is 1. The molecule has 126 valence electrons. The highest BCUT2D eigenvalue weighted by Gasteiger charge is 2.47. The molecule has 1 N–H and O–H groups in total. The van der Waals surface area contributed by atoms with Gasteiger partial charge in [-0.05, 0) is 18.4 Å². The summed E-state index contributed by atoms with van der Waals surface area (Å²) in [6.45, 7) is -0.826. The van der Waals surface area contributed by atoms with Gasteiger partial charge in [0.25, 0.3) is 0 Å². The van der Waals surface area contributed by atoms with Gasteiger partial charge in [0.05, 0.1) is 5.92 Å². The van der Waals surface area contributed by atoms with Gasteiger partial charge in [0.15, 0.2) is 0 Å². The van der Waals surface area contributed by atoms with E-state index in [1.54, 1.807) is 30.3 Å². The second-order valence-electron chi connectivity index (χ2n) is 5.36. The van der Waals surface area contributed by atoms with Crippen LogP contribution in [-0.4, -0.2) is 40.8 Å². The maximum atomic E-state index is 12.8. The monoisotopic (exact) mass is 331 g/mol. The van der Waals surface area contributed by atoms with E-state index in [-0.39, 0.29) is 19.4 Å². The second kappa shape index (κ2) is 6.89. The van der Waals surface area contributed by atoms with Crippen LogP contribution < -0.4 is 0 Å². The smallest absolute Gasteiger partial charge is 0.410 e. The predicted octanol–water partition coefficient (Wildman–Crippen LogP) is 3.05. The molecular formula is C15H16F3NO4. The maximum Gasteiger partial charge on any atom is 0.410 e. The van der Waals surface area contributed by atoms with Gasteiger partial charge >= 0.3 is 18.2 Å². The lowest BCUT2D eigenvalue weighted by Gasteiger charge is -2.37. The molecule has 1 aromatic rings. The third kappa shape index (κ3) is 4.37. The summed E-state index contributed by atoms with van der Waals surface area (Å²) < 4.78 is 43.5. The van der Waals surface area contributed by atoms with Gasteiger partial charge in [-0.1, -0.05) is 30.3 Å². The summed E-state index contributed by atoms with van der Waals surface area (Å²) in [6, 6.07) is 7.31. The molecule has 1 amide bonds. The van der Waals surface area contributed by atoms with E-state index in [0.717, 1.165) is 0 Å². The second-order valence-corrected chi connectivity index (χ2v) is 5.36. The standard InChI is InChI=1S/C15H16F3NO4/c16-15(17,18)11-6-7-12(13(20)21)19(8-11)14(22)23-9-10-4-2-1-3-5-10/h1-5,11-12H,6-9H2,(H,20,21)/t11-,12+/m1/s1.